The first-order valence-corrected chi connectivity index (χ1v) is 11.5. The van der Waals surface area contributed by atoms with E-state index in [1.165, 1.54) is 55.9 Å². The van der Waals surface area contributed by atoms with Crippen molar-refractivity contribution in [1.82, 2.24) is 0 Å². The van der Waals surface area contributed by atoms with E-state index in [0.29, 0.717) is 0 Å². The molecule has 1 nitrogen and oxygen atoms in total. The number of hydrogen-bond donors (Lipinski definition) is 0. The van der Waals surface area contributed by atoms with E-state index in [-0.39, 0.29) is 10.8 Å². The maximum Gasteiger partial charge on any atom is 0.0414 e. The zero-order valence-electron chi connectivity index (χ0n) is 19.5. The van der Waals surface area contributed by atoms with E-state index in [0.717, 1.165) is 0 Å². The molecule has 0 saturated carbocycles. The molecular weight excluding hydrogens is 386 g/mol. The van der Waals surface area contributed by atoms with Gasteiger partial charge < -0.3 is 4.90 Å². The topological polar surface area (TPSA) is 3.24 Å². The van der Waals surface area contributed by atoms with Crippen molar-refractivity contribution in [2.75, 3.05) is 11.9 Å². The van der Waals surface area contributed by atoms with Crippen molar-refractivity contribution in [3.63, 3.8) is 0 Å². The van der Waals surface area contributed by atoms with Gasteiger partial charge in [-0.15, -0.1) is 0 Å². The minimum atomic E-state index is 0.0175. The van der Waals surface area contributed by atoms with Crippen molar-refractivity contribution in [2.45, 2.75) is 38.5 Å². The lowest BCUT2D eigenvalue weighted by molar-refractivity contribution is 0.660. The van der Waals surface area contributed by atoms with Gasteiger partial charge in [0.15, 0.2) is 0 Å². The molecule has 158 valence electrons. The largest absolute Gasteiger partial charge is 0.345 e. The first-order valence-electron chi connectivity index (χ1n) is 11.5. The van der Waals surface area contributed by atoms with Crippen molar-refractivity contribution >= 4 is 11.4 Å². The van der Waals surface area contributed by atoms with Gasteiger partial charge in [0.25, 0.3) is 0 Å². The second-order valence-electron chi connectivity index (χ2n) is 10.4. The lowest BCUT2D eigenvalue weighted by Crippen LogP contribution is -2.17. The molecule has 4 aromatic carbocycles. The molecule has 1 heteroatoms. The molecule has 0 bridgehead atoms. The predicted molar refractivity (Wildman–Crippen MR) is 136 cm³/mol. The second kappa shape index (κ2) is 6.36. The fourth-order valence-corrected chi connectivity index (χ4v) is 5.97. The Morgan fingerprint density at radius 1 is 0.469 bits per heavy atom. The van der Waals surface area contributed by atoms with Gasteiger partial charge in [0.1, 0.15) is 0 Å². The van der Waals surface area contributed by atoms with E-state index in [1.807, 2.05) is 0 Å². The van der Waals surface area contributed by atoms with Crippen LogP contribution in [-0.2, 0) is 10.8 Å². The van der Waals surface area contributed by atoms with Crippen LogP contribution in [0.25, 0.3) is 22.3 Å². The van der Waals surface area contributed by atoms with E-state index >= 15 is 0 Å². The average molecular weight is 416 g/mol. The normalized spacial score (nSPS) is 16.2. The Labute approximate surface area is 191 Å². The molecule has 0 fully saturated rings. The van der Waals surface area contributed by atoms with Gasteiger partial charge in [0, 0.05) is 29.3 Å². The summed E-state index contributed by atoms with van der Waals surface area (Å²) in [5.74, 6) is 0. The summed E-state index contributed by atoms with van der Waals surface area (Å²) in [6, 6.07) is 31.6. The smallest absolute Gasteiger partial charge is 0.0414 e. The van der Waals surface area contributed by atoms with Crippen LogP contribution in [-0.4, -0.2) is 7.05 Å². The Balaban J connectivity index is 1.44. The van der Waals surface area contributed by atoms with Gasteiger partial charge in [-0.2, -0.15) is 0 Å². The van der Waals surface area contributed by atoms with Crippen molar-refractivity contribution < 1.29 is 0 Å². The SMILES string of the molecule is CN(c1ccc2c(c1)-c1ccccc1C2(C)C)c1ccc2c(c1)C(C)(C)c1ccccc1-2. The monoisotopic (exact) mass is 415 g/mol. The van der Waals surface area contributed by atoms with E-state index in [2.05, 4.69) is 125 Å². The molecule has 0 unspecified atom stereocenters. The minimum Gasteiger partial charge on any atom is -0.345 e. The van der Waals surface area contributed by atoms with Crippen LogP contribution in [0.4, 0.5) is 11.4 Å². The summed E-state index contributed by atoms with van der Waals surface area (Å²) < 4.78 is 0. The first kappa shape index (κ1) is 19.4. The number of fused-ring (bicyclic) bond motifs is 6. The van der Waals surface area contributed by atoms with Gasteiger partial charge in [-0.25, -0.2) is 0 Å². The van der Waals surface area contributed by atoms with E-state index < -0.39 is 0 Å². The third-order valence-corrected chi connectivity index (χ3v) is 7.91. The second-order valence-corrected chi connectivity index (χ2v) is 10.4. The van der Waals surface area contributed by atoms with Gasteiger partial charge in [-0.3, -0.25) is 0 Å². The van der Waals surface area contributed by atoms with Gasteiger partial charge >= 0.3 is 0 Å². The molecule has 0 N–H and O–H groups in total. The number of anilines is 2. The molecule has 6 rings (SSSR count). The summed E-state index contributed by atoms with van der Waals surface area (Å²) in [5.41, 5.74) is 13.7. The van der Waals surface area contributed by atoms with Crippen LogP contribution < -0.4 is 4.90 Å². The Morgan fingerprint density at radius 3 is 1.62 bits per heavy atom. The highest BCUT2D eigenvalue weighted by Crippen LogP contribution is 2.51. The first-order chi connectivity index (χ1) is 15.3. The Kier molecular flexibility index (Phi) is 3.85. The zero-order valence-corrected chi connectivity index (χ0v) is 19.5. The molecule has 2 aliphatic carbocycles. The molecular formula is C31H29N. The van der Waals surface area contributed by atoms with Crippen LogP contribution in [0.1, 0.15) is 49.9 Å². The highest BCUT2D eigenvalue weighted by atomic mass is 15.1. The van der Waals surface area contributed by atoms with Gasteiger partial charge in [-0.1, -0.05) is 88.4 Å². The van der Waals surface area contributed by atoms with Crippen LogP contribution in [0.2, 0.25) is 0 Å². The fraction of sp³-hybridized carbons (Fsp3) is 0.226. The predicted octanol–water partition coefficient (Wildman–Crippen LogP) is 8.07. The van der Waals surface area contributed by atoms with Gasteiger partial charge in [0.05, 0.1) is 0 Å². The maximum absolute atomic E-state index is 2.39. The summed E-state index contributed by atoms with van der Waals surface area (Å²) in [5, 5.41) is 0. The standard InChI is InChI=1S/C31H29N/c1-30(2)27-13-9-7-11-23(27)25-18-20(15-17-28(25)30)32(5)21-14-16-24-22-10-6-8-12-26(22)31(3,4)29(24)19-21/h6-19H,1-5H3. The molecule has 0 atom stereocenters. The van der Waals surface area contributed by atoms with Crippen molar-refractivity contribution in [1.29, 1.82) is 0 Å². The number of rotatable bonds is 2. The summed E-state index contributed by atoms with van der Waals surface area (Å²) >= 11 is 0. The lowest BCUT2D eigenvalue weighted by atomic mass is 9.82. The minimum absolute atomic E-state index is 0.0175. The molecule has 0 aromatic heterocycles. The molecule has 0 spiro atoms. The van der Waals surface area contributed by atoms with Crippen LogP contribution in [0.3, 0.4) is 0 Å². The molecule has 32 heavy (non-hydrogen) atoms. The maximum atomic E-state index is 2.39. The molecule has 0 heterocycles. The van der Waals surface area contributed by atoms with Crippen LogP contribution >= 0.6 is 0 Å². The van der Waals surface area contributed by atoms with E-state index in [9.17, 15) is 0 Å². The quantitative estimate of drug-likeness (QED) is 0.320. The Morgan fingerprint density at radius 2 is 0.938 bits per heavy atom. The van der Waals surface area contributed by atoms with E-state index in [1.54, 1.807) is 0 Å². The van der Waals surface area contributed by atoms with E-state index in [4.69, 9.17) is 0 Å². The molecule has 0 saturated heterocycles. The summed E-state index contributed by atoms with van der Waals surface area (Å²) in [6.45, 7) is 9.36. The van der Waals surface area contributed by atoms with Crippen molar-refractivity contribution in [3.05, 3.63) is 107 Å². The van der Waals surface area contributed by atoms with Crippen molar-refractivity contribution in [3.8, 4) is 22.3 Å². The van der Waals surface area contributed by atoms with Gasteiger partial charge in [-0.05, 0) is 68.8 Å². The molecule has 4 aromatic rings. The lowest BCUT2D eigenvalue weighted by Gasteiger charge is -2.26. The Hall–Kier alpha value is -3.32. The van der Waals surface area contributed by atoms with Crippen LogP contribution in [0.15, 0.2) is 84.9 Å². The molecule has 0 radical (unpaired) electrons. The van der Waals surface area contributed by atoms with Gasteiger partial charge in [0.2, 0.25) is 0 Å². The molecule has 0 aliphatic heterocycles. The summed E-state index contributed by atoms with van der Waals surface area (Å²) in [4.78, 5) is 2.33. The number of benzene rings is 4. The fourth-order valence-electron chi connectivity index (χ4n) is 5.97. The summed E-state index contributed by atoms with van der Waals surface area (Å²) in [6.07, 6.45) is 0. The highest BCUT2D eigenvalue weighted by molar-refractivity contribution is 5.86. The number of nitrogens with zero attached hydrogens (tertiary/aromatic N) is 1. The Bertz CT molecular complexity index is 1390. The third kappa shape index (κ3) is 2.45. The zero-order chi connectivity index (χ0) is 22.3. The highest BCUT2D eigenvalue weighted by Gasteiger charge is 2.36. The number of hydrogen-bond acceptors (Lipinski definition) is 1. The molecule has 2 aliphatic rings. The van der Waals surface area contributed by atoms with Crippen LogP contribution in [0, 0.1) is 0 Å². The average Bonchev–Trinajstić information content (AvgIpc) is 3.18. The third-order valence-electron chi connectivity index (χ3n) is 7.91. The summed E-state index contributed by atoms with van der Waals surface area (Å²) in [7, 11) is 2.19. The van der Waals surface area contributed by atoms with Crippen LogP contribution in [0.5, 0.6) is 0 Å². The van der Waals surface area contributed by atoms with Crippen molar-refractivity contribution in [2.24, 2.45) is 0 Å². The molecule has 0 amide bonds.